The quantitative estimate of drug-likeness (QED) is 0.501. The summed E-state index contributed by atoms with van der Waals surface area (Å²) < 4.78 is 0. The zero-order valence-electron chi connectivity index (χ0n) is 6.54. The fourth-order valence-electron chi connectivity index (χ4n) is 1.03. The van der Waals surface area contributed by atoms with Gasteiger partial charge in [-0.2, -0.15) is 0 Å². The molecular formula is C6H14N4. The molecule has 58 valence electrons. The maximum absolute atomic E-state index is 5.62. The number of likely N-dealkylation sites (N-methyl/N-ethyl adjacent to an activating group) is 1. The molecule has 0 aromatic rings. The molecule has 0 aromatic carbocycles. The zero-order valence-corrected chi connectivity index (χ0v) is 6.54. The largest absolute Gasteiger partial charge is 0.343 e. The summed E-state index contributed by atoms with van der Waals surface area (Å²) in [4.78, 5) is 6.29. The van der Waals surface area contributed by atoms with Gasteiger partial charge in [-0.05, 0) is 6.92 Å². The summed E-state index contributed by atoms with van der Waals surface area (Å²) in [6, 6.07) is 0. The van der Waals surface area contributed by atoms with Gasteiger partial charge in [-0.1, -0.05) is 0 Å². The fraction of sp³-hybridized carbons (Fsp3) is 0.833. The molecule has 0 aliphatic carbocycles. The van der Waals surface area contributed by atoms with Gasteiger partial charge in [-0.3, -0.25) is 10.0 Å². The Morgan fingerprint density at radius 1 is 1.60 bits per heavy atom. The third-order valence-electron chi connectivity index (χ3n) is 1.57. The van der Waals surface area contributed by atoms with Gasteiger partial charge in [0.2, 0.25) is 5.96 Å². The molecule has 0 spiro atoms. The van der Waals surface area contributed by atoms with Crippen molar-refractivity contribution in [2.75, 3.05) is 26.7 Å². The Hall–Kier alpha value is -0.770. The SMILES string of the molecule is CCN=C1N(C)CCN1N. The summed E-state index contributed by atoms with van der Waals surface area (Å²) in [5, 5.41) is 1.68. The van der Waals surface area contributed by atoms with Crippen molar-refractivity contribution < 1.29 is 0 Å². The second kappa shape index (κ2) is 2.88. The smallest absolute Gasteiger partial charge is 0.210 e. The summed E-state index contributed by atoms with van der Waals surface area (Å²) in [7, 11) is 2.00. The van der Waals surface area contributed by atoms with Gasteiger partial charge in [-0.15, -0.1) is 0 Å². The monoisotopic (exact) mass is 142 g/mol. The van der Waals surface area contributed by atoms with E-state index in [4.69, 9.17) is 5.84 Å². The van der Waals surface area contributed by atoms with Crippen LogP contribution in [0.5, 0.6) is 0 Å². The van der Waals surface area contributed by atoms with E-state index in [1.54, 1.807) is 5.01 Å². The number of nitrogens with zero attached hydrogens (tertiary/aromatic N) is 3. The van der Waals surface area contributed by atoms with Crippen LogP contribution in [0.15, 0.2) is 4.99 Å². The van der Waals surface area contributed by atoms with Gasteiger partial charge in [0.05, 0.1) is 6.54 Å². The minimum Gasteiger partial charge on any atom is -0.343 e. The lowest BCUT2D eigenvalue weighted by Gasteiger charge is -2.14. The van der Waals surface area contributed by atoms with Crippen molar-refractivity contribution in [3.8, 4) is 0 Å². The molecule has 4 nitrogen and oxygen atoms in total. The molecule has 0 saturated carbocycles. The molecule has 0 atom stereocenters. The van der Waals surface area contributed by atoms with Crippen molar-refractivity contribution in [1.29, 1.82) is 0 Å². The van der Waals surface area contributed by atoms with E-state index in [2.05, 4.69) is 9.89 Å². The molecule has 0 unspecified atom stereocenters. The standard InChI is InChI=1S/C6H14N4/c1-3-8-6-9(2)4-5-10(6)7/h3-5,7H2,1-2H3. The molecule has 1 aliphatic rings. The summed E-state index contributed by atoms with van der Waals surface area (Å²) >= 11 is 0. The Kier molecular flexibility index (Phi) is 2.11. The first-order valence-corrected chi connectivity index (χ1v) is 3.53. The second-order valence-electron chi connectivity index (χ2n) is 2.39. The lowest BCUT2D eigenvalue weighted by molar-refractivity contribution is 0.488. The Morgan fingerprint density at radius 2 is 2.30 bits per heavy atom. The predicted octanol–water partition coefficient (Wildman–Crippen LogP) is -0.517. The van der Waals surface area contributed by atoms with Gasteiger partial charge in [0.1, 0.15) is 0 Å². The number of hydrogen-bond donors (Lipinski definition) is 1. The fourth-order valence-corrected chi connectivity index (χ4v) is 1.03. The molecule has 1 fully saturated rings. The van der Waals surface area contributed by atoms with E-state index in [9.17, 15) is 0 Å². The van der Waals surface area contributed by atoms with E-state index < -0.39 is 0 Å². The third kappa shape index (κ3) is 1.21. The first-order valence-electron chi connectivity index (χ1n) is 3.53. The predicted molar refractivity (Wildman–Crippen MR) is 41.5 cm³/mol. The van der Waals surface area contributed by atoms with Gasteiger partial charge >= 0.3 is 0 Å². The maximum Gasteiger partial charge on any atom is 0.210 e. The van der Waals surface area contributed by atoms with E-state index in [1.165, 1.54) is 0 Å². The lowest BCUT2D eigenvalue weighted by Crippen LogP contribution is -2.36. The van der Waals surface area contributed by atoms with Gasteiger partial charge < -0.3 is 4.90 Å². The zero-order chi connectivity index (χ0) is 7.56. The molecule has 1 saturated heterocycles. The molecular weight excluding hydrogens is 128 g/mol. The topological polar surface area (TPSA) is 44.9 Å². The van der Waals surface area contributed by atoms with Crippen molar-refractivity contribution in [2.45, 2.75) is 6.92 Å². The van der Waals surface area contributed by atoms with Crippen LogP contribution >= 0.6 is 0 Å². The number of hydrazine groups is 1. The normalized spacial score (nSPS) is 22.9. The highest BCUT2D eigenvalue weighted by Crippen LogP contribution is 2.00. The first-order chi connectivity index (χ1) is 4.75. The van der Waals surface area contributed by atoms with Crippen LogP contribution in [0.2, 0.25) is 0 Å². The summed E-state index contributed by atoms with van der Waals surface area (Å²) in [6.07, 6.45) is 0. The average molecular weight is 142 g/mol. The third-order valence-corrected chi connectivity index (χ3v) is 1.57. The molecule has 0 radical (unpaired) electrons. The highest BCUT2D eigenvalue weighted by Gasteiger charge is 2.19. The van der Waals surface area contributed by atoms with E-state index in [0.29, 0.717) is 0 Å². The molecule has 0 aromatic heterocycles. The van der Waals surface area contributed by atoms with Crippen LogP contribution in [-0.4, -0.2) is 42.6 Å². The van der Waals surface area contributed by atoms with Crippen LogP contribution in [0.1, 0.15) is 6.92 Å². The molecule has 1 heterocycles. The molecule has 1 aliphatic heterocycles. The summed E-state index contributed by atoms with van der Waals surface area (Å²) in [5.74, 6) is 6.52. The summed E-state index contributed by atoms with van der Waals surface area (Å²) in [6.45, 7) is 4.67. The van der Waals surface area contributed by atoms with Crippen molar-refractivity contribution in [2.24, 2.45) is 10.8 Å². The maximum atomic E-state index is 5.62. The van der Waals surface area contributed by atoms with Crippen molar-refractivity contribution in [3.63, 3.8) is 0 Å². The summed E-state index contributed by atoms with van der Waals surface area (Å²) in [5.41, 5.74) is 0. The minimum atomic E-state index is 0.799. The Morgan fingerprint density at radius 3 is 2.70 bits per heavy atom. The van der Waals surface area contributed by atoms with Crippen LogP contribution in [0, 0.1) is 0 Å². The van der Waals surface area contributed by atoms with Gasteiger partial charge in [0.15, 0.2) is 0 Å². The van der Waals surface area contributed by atoms with Gasteiger partial charge in [0, 0.05) is 20.1 Å². The number of hydrogen-bond acceptors (Lipinski definition) is 2. The van der Waals surface area contributed by atoms with E-state index in [0.717, 1.165) is 25.6 Å². The van der Waals surface area contributed by atoms with Crippen LogP contribution < -0.4 is 5.84 Å². The van der Waals surface area contributed by atoms with Gasteiger partial charge in [-0.25, -0.2) is 5.84 Å². The van der Waals surface area contributed by atoms with Crippen LogP contribution in [-0.2, 0) is 0 Å². The molecule has 0 amide bonds. The molecule has 10 heavy (non-hydrogen) atoms. The molecule has 0 bridgehead atoms. The highest BCUT2D eigenvalue weighted by atomic mass is 15.6. The van der Waals surface area contributed by atoms with Crippen molar-refractivity contribution in [1.82, 2.24) is 9.91 Å². The number of rotatable bonds is 1. The average Bonchev–Trinajstić information content (AvgIpc) is 2.20. The Labute approximate surface area is 61.3 Å². The van der Waals surface area contributed by atoms with Crippen LogP contribution in [0.25, 0.3) is 0 Å². The van der Waals surface area contributed by atoms with Gasteiger partial charge in [0.25, 0.3) is 0 Å². The van der Waals surface area contributed by atoms with E-state index >= 15 is 0 Å². The van der Waals surface area contributed by atoms with E-state index in [-0.39, 0.29) is 0 Å². The van der Waals surface area contributed by atoms with Crippen LogP contribution in [0.3, 0.4) is 0 Å². The molecule has 4 heteroatoms. The first kappa shape index (κ1) is 7.34. The molecule has 2 N–H and O–H groups in total. The van der Waals surface area contributed by atoms with Crippen molar-refractivity contribution >= 4 is 5.96 Å². The van der Waals surface area contributed by atoms with Crippen LogP contribution in [0.4, 0.5) is 0 Å². The van der Waals surface area contributed by atoms with E-state index in [1.807, 2.05) is 14.0 Å². The Balaban J connectivity index is 2.62. The second-order valence-corrected chi connectivity index (χ2v) is 2.39. The lowest BCUT2D eigenvalue weighted by atomic mass is 10.6. The van der Waals surface area contributed by atoms with Crippen molar-refractivity contribution in [3.05, 3.63) is 0 Å². The number of aliphatic imine (C=N–C) groups is 1. The number of guanidine groups is 1. The number of nitrogens with two attached hydrogens (primary N) is 1. The highest BCUT2D eigenvalue weighted by molar-refractivity contribution is 5.81. The Bertz CT molecular complexity index is 131. The minimum absolute atomic E-state index is 0.799. The molecule has 1 rings (SSSR count).